The maximum Gasteiger partial charge on any atom is 0.409 e. The second-order valence-electron chi connectivity index (χ2n) is 5.65. The average molecular weight is 337 g/mol. The fourth-order valence-electron chi connectivity index (χ4n) is 2.55. The Hall–Kier alpha value is -2.15. The van der Waals surface area contributed by atoms with Crippen molar-refractivity contribution in [2.75, 3.05) is 39.3 Å². The number of ether oxygens (including phenoxy) is 1. The highest BCUT2D eigenvalue weighted by Gasteiger charge is 2.21. The van der Waals surface area contributed by atoms with Crippen LogP contribution in [-0.4, -0.2) is 61.1 Å². The first-order chi connectivity index (χ1) is 11.6. The van der Waals surface area contributed by atoms with Crippen molar-refractivity contribution in [2.24, 2.45) is 0 Å². The van der Waals surface area contributed by atoms with Crippen LogP contribution in [-0.2, 0) is 16.1 Å². The van der Waals surface area contributed by atoms with E-state index in [2.05, 4.69) is 10.2 Å². The van der Waals surface area contributed by atoms with E-state index in [0.717, 1.165) is 13.1 Å². The van der Waals surface area contributed by atoms with Crippen molar-refractivity contribution in [3.63, 3.8) is 0 Å². The fraction of sp³-hybridized carbons (Fsp3) is 0.529. The zero-order chi connectivity index (χ0) is 17.4. The Kier molecular flexibility index (Phi) is 6.99. The summed E-state index contributed by atoms with van der Waals surface area (Å²) in [7, 11) is 0. The zero-order valence-corrected chi connectivity index (χ0v) is 14.0. The molecule has 0 spiro atoms. The van der Waals surface area contributed by atoms with Crippen LogP contribution >= 0.6 is 0 Å². The zero-order valence-electron chi connectivity index (χ0n) is 14.0. The summed E-state index contributed by atoms with van der Waals surface area (Å²) in [6.07, 6.45) is 0.0770. The normalized spacial score (nSPS) is 15.2. The number of nitrogens with one attached hydrogen (secondary N) is 1. The number of rotatable bonds is 6. The van der Waals surface area contributed by atoms with Crippen molar-refractivity contribution in [1.82, 2.24) is 15.1 Å². The van der Waals surface area contributed by atoms with Crippen LogP contribution in [0.1, 0.15) is 18.9 Å². The quantitative estimate of drug-likeness (QED) is 0.857. The molecule has 0 saturated carbocycles. The molecule has 2 rings (SSSR count). The van der Waals surface area contributed by atoms with Gasteiger partial charge in [0.15, 0.2) is 0 Å². The Morgan fingerprint density at radius 2 is 1.92 bits per heavy atom. The molecule has 0 bridgehead atoms. The summed E-state index contributed by atoms with van der Waals surface area (Å²) in [6, 6.07) is 6.40. The molecule has 1 N–H and O–H groups in total. The van der Waals surface area contributed by atoms with E-state index in [4.69, 9.17) is 4.74 Å². The van der Waals surface area contributed by atoms with E-state index in [9.17, 15) is 14.0 Å². The van der Waals surface area contributed by atoms with Crippen LogP contribution in [0, 0.1) is 5.82 Å². The second kappa shape index (κ2) is 9.22. The number of nitrogens with zero attached hydrogens (tertiary/aromatic N) is 2. The lowest BCUT2D eigenvalue weighted by Crippen LogP contribution is -2.49. The van der Waals surface area contributed by atoms with Crippen LogP contribution in [0.4, 0.5) is 9.18 Å². The van der Waals surface area contributed by atoms with Gasteiger partial charge in [0.05, 0.1) is 6.61 Å². The van der Waals surface area contributed by atoms with Gasteiger partial charge in [0.1, 0.15) is 5.82 Å². The molecule has 132 valence electrons. The fourth-order valence-corrected chi connectivity index (χ4v) is 2.55. The molecule has 0 radical (unpaired) electrons. The summed E-state index contributed by atoms with van der Waals surface area (Å²) in [5.41, 5.74) is 0.480. The van der Waals surface area contributed by atoms with E-state index in [-0.39, 0.29) is 24.4 Å². The van der Waals surface area contributed by atoms with Gasteiger partial charge in [0.2, 0.25) is 5.91 Å². The molecular formula is C17H24FN3O3. The summed E-state index contributed by atoms with van der Waals surface area (Å²) < 4.78 is 18.4. The summed E-state index contributed by atoms with van der Waals surface area (Å²) in [6.45, 7) is 5.64. The Morgan fingerprint density at radius 3 is 2.58 bits per heavy atom. The topological polar surface area (TPSA) is 61.9 Å². The summed E-state index contributed by atoms with van der Waals surface area (Å²) in [5, 5.41) is 2.73. The number of hydrogen-bond acceptors (Lipinski definition) is 4. The number of amides is 2. The van der Waals surface area contributed by atoms with Crippen LogP contribution < -0.4 is 5.32 Å². The van der Waals surface area contributed by atoms with Crippen molar-refractivity contribution in [1.29, 1.82) is 0 Å². The monoisotopic (exact) mass is 337 g/mol. The van der Waals surface area contributed by atoms with E-state index < -0.39 is 0 Å². The molecule has 1 fully saturated rings. The van der Waals surface area contributed by atoms with Gasteiger partial charge in [-0.2, -0.15) is 0 Å². The Labute approximate surface area is 141 Å². The van der Waals surface area contributed by atoms with Gasteiger partial charge in [-0.25, -0.2) is 9.18 Å². The van der Waals surface area contributed by atoms with Gasteiger partial charge in [0.25, 0.3) is 0 Å². The molecule has 0 unspecified atom stereocenters. The molecule has 2 amide bonds. The number of benzene rings is 1. The third-order valence-corrected chi connectivity index (χ3v) is 3.99. The molecule has 1 aromatic carbocycles. The standard InChI is InChI=1S/C17H24FN3O3/c1-2-24-17(23)21-11-9-20(10-12-21)8-7-16(22)19-13-14-5-3-4-6-15(14)18/h3-6H,2,7-13H2,1H3,(H,19,22). The van der Waals surface area contributed by atoms with E-state index in [1.165, 1.54) is 6.07 Å². The van der Waals surface area contributed by atoms with E-state index >= 15 is 0 Å². The van der Waals surface area contributed by atoms with E-state index in [1.807, 2.05) is 0 Å². The first kappa shape index (κ1) is 18.2. The van der Waals surface area contributed by atoms with Crippen LogP contribution in [0.5, 0.6) is 0 Å². The van der Waals surface area contributed by atoms with Crippen LogP contribution in [0.3, 0.4) is 0 Å². The molecule has 0 aliphatic carbocycles. The van der Waals surface area contributed by atoms with Gasteiger partial charge in [-0.15, -0.1) is 0 Å². The third kappa shape index (κ3) is 5.49. The molecule has 7 heteroatoms. The Balaban J connectivity index is 1.64. The molecule has 1 heterocycles. The minimum Gasteiger partial charge on any atom is -0.450 e. The lowest BCUT2D eigenvalue weighted by Gasteiger charge is -2.33. The Bertz CT molecular complexity index is 560. The molecule has 0 aromatic heterocycles. The van der Waals surface area contributed by atoms with Gasteiger partial charge in [0, 0.05) is 51.3 Å². The highest BCUT2D eigenvalue weighted by molar-refractivity contribution is 5.76. The number of carbonyl (C=O) groups excluding carboxylic acids is 2. The second-order valence-corrected chi connectivity index (χ2v) is 5.65. The maximum atomic E-state index is 13.5. The predicted molar refractivity (Wildman–Crippen MR) is 87.9 cm³/mol. The van der Waals surface area contributed by atoms with Crippen molar-refractivity contribution >= 4 is 12.0 Å². The average Bonchev–Trinajstić information content (AvgIpc) is 2.60. The van der Waals surface area contributed by atoms with Crippen molar-refractivity contribution in [2.45, 2.75) is 19.9 Å². The summed E-state index contributed by atoms with van der Waals surface area (Å²) >= 11 is 0. The molecule has 1 aromatic rings. The first-order valence-electron chi connectivity index (χ1n) is 8.24. The van der Waals surface area contributed by atoms with Crippen molar-refractivity contribution in [3.05, 3.63) is 35.6 Å². The molecule has 1 saturated heterocycles. The predicted octanol–water partition coefficient (Wildman–Crippen LogP) is 1.61. The van der Waals surface area contributed by atoms with Gasteiger partial charge >= 0.3 is 6.09 Å². The highest BCUT2D eigenvalue weighted by atomic mass is 19.1. The summed E-state index contributed by atoms with van der Waals surface area (Å²) in [5.74, 6) is -0.418. The van der Waals surface area contributed by atoms with Crippen LogP contribution in [0.25, 0.3) is 0 Å². The number of hydrogen-bond donors (Lipinski definition) is 1. The van der Waals surface area contributed by atoms with E-state index in [0.29, 0.717) is 38.2 Å². The highest BCUT2D eigenvalue weighted by Crippen LogP contribution is 2.07. The number of carbonyl (C=O) groups is 2. The minimum atomic E-state index is -0.312. The number of piperazine rings is 1. The molecular weight excluding hydrogens is 313 g/mol. The molecule has 24 heavy (non-hydrogen) atoms. The lowest BCUT2D eigenvalue weighted by molar-refractivity contribution is -0.121. The lowest BCUT2D eigenvalue weighted by atomic mass is 10.2. The molecule has 0 atom stereocenters. The first-order valence-corrected chi connectivity index (χ1v) is 8.24. The molecule has 6 nitrogen and oxygen atoms in total. The SMILES string of the molecule is CCOC(=O)N1CCN(CCC(=O)NCc2ccccc2F)CC1. The van der Waals surface area contributed by atoms with Crippen LogP contribution in [0.2, 0.25) is 0 Å². The summed E-state index contributed by atoms with van der Waals surface area (Å²) in [4.78, 5) is 27.3. The molecule has 1 aliphatic heterocycles. The third-order valence-electron chi connectivity index (χ3n) is 3.99. The van der Waals surface area contributed by atoms with E-state index in [1.54, 1.807) is 30.0 Å². The maximum absolute atomic E-state index is 13.5. The Morgan fingerprint density at radius 1 is 1.21 bits per heavy atom. The van der Waals surface area contributed by atoms with Gasteiger partial charge in [-0.1, -0.05) is 18.2 Å². The van der Waals surface area contributed by atoms with Crippen molar-refractivity contribution in [3.8, 4) is 0 Å². The number of halogens is 1. The smallest absolute Gasteiger partial charge is 0.409 e. The van der Waals surface area contributed by atoms with Gasteiger partial charge in [-0.3, -0.25) is 9.69 Å². The van der Waals surface area contributed by atoms with Crippen LogP contribution in [0.15, 0.2) is 24.3 Å². The molecule has 1 aliphatic rings. The minimum absolute atomic E-state index is 0.105. The van der Waals surface area contributed by atoms with Gasteiger partial charge in [-0.05, 0) is 13.0 Å². The largest absolute Gasteiger partial charge is 0.450 e. The van der Waals surface area contributed by atoms with Crippen molar-refractivity contribution < 1.29 is 18.7 Å². The van der Waals surface area contributed by atoms with Gasteiger partial charge < -0.3 is 15.0 Å².